The number of aldehydes is 1. The Morgan fingerprint density at radius 3 is 2.48 bits per heavy atom. The van der Waals surface area contributed by atoms with E-state index in [1.54, 1.807) is 25.6 Å². The highest BCUT2D eigenvalue weighted by Crippen LogP contribution is 2.15. The van der Waals surface area contributed by atoms with Crippen molar-refractivity contribution < 1.29 is 9.53 Å². The first-order valence-corrected chi connectivity index (χ1v) is 10.7. The van der Waals surface area contributed by atoms with Crippen molar-refractivity contribution in [3.8, 4) is 0 Å². The van der Waals surface area contributed by atoms with Crippen molar-refractivity contribution in [1.82, 2.24) is 9.13 Å². The molecule has 0 spiro atoms. The molecule has 21 heavy (non-hydrogen) atoms. The highest BCUT2D eigenvalue weighted by molar-refractivity contribution is 6.76. The molecule has 0 aliphatic rings. The van der Waals surface area contributed by atoms with Crippen molar-refractivity contribution in [3.63, 3.8) is 0 Å². The Morgan fingerprint density at radius 1 is 1.19 bits per heavy atom. The van der Waals surface area contributed by atoms with Crippen molar-refractivity contribution in [2.24, 2.45) is 7.05 Å². The number of nitrogens with zero attached hydrogens (tertiary/aromatic N) is 2. The van der Waals surface area contributed by atoms with Gasteiger partial charge >= 0.3 is 0 Å². The molecule has 0 radical (unpaired) electrons. The zero-order chi connectivity index (χ0) is 15.6. The number of fused-ring (bicyclic) bond motifs is 1. The van der Waals surface area contributed by atoms with E-state index >= 15 is 0 Å². The lowest BCUT2D eigenvalue weighted by Crippen LogP contribution is -2.21. The molecule has 6 heteroatoms. The van der Waals surface area contributed by atoms with Gasteiger partial charge in [-0.25, -0.2) is 0 Å². The summed E-state index contributed by atoms with van der Waals surface area (Å²) in [4.78, 5) is 23.2. The van der Waals surface area contributed by atoms with E-state index < -0.39 is 8.07 Å². The zero-order valence-corrected chi connectivity index (χ0v) is 14.0. The summed E-state index contributed by atoms with van der Waals surface area (Å²) in [5.74, 6) is 0. The maximum Gasteiger partial charge on any atom is 0.259 e. The Kier molecular flexibility index (Phi) is 4.48. The van der Waals surface area contributed by atoms with Gasteiger partial charge in [0, 0.05) is 51.3 Å². The fraction of sp³-hybridized carbons (Fsp3) is 0.467. The van der Waals surface area contributed by atoms with E-state index in [9.17, 15) is 9.59 Å². The molecule has 0 bridgehead atoms. The summed E-state index contributed by atoms with van der Waals surface area (Å²) in [7, 11) is 0.557. The van der Waals surface area contributed by atoms with E-state index in [0.717, 1.165) is 18.9 Å². The molecule has 0 aliphatic heterocycles. The van der Waals surface area contributed by atoms with Gasteiger partial charge < -0.3 is 13.9 Å². The van der Waals surface area contributed by atoms with E-state index in [0.29, 0.717) is 23.1 Å². The van der Waals surface area contributed by atoms with Crippen LogP contribution in [0.15, 0.2) is 23.4 Å². The van der Waals surface area contributed by atoms with E-state index in [-0.39, 0.29) is 5.56 Å². The minimum atomic E-state index is -1.09. The molecule has 114 valence electrons. The SMILES string of the molecule is Cn1cc(C=O)c2cn(COCC[Si](C)(C)C)cc2c1=O. The third kappa shape index (κ3) is 3.71. The predicted molar refractivity (Wildman–Crippen MR) is 86.7 cm³/mol. The van der Waals surface area contributed by atoms with E-state index in [4.69, 9.17) is 4.74 Å². The van der Waals surface area contributed by atoms with E-state index in [1.165, 1.54) is 4.57 Å². The molecular formula is C15H22N2O3Si. The van der Waals surface area contributed by atoms with Gasteiger partial charge in [-0.1, -0.05) is 19.6 Å². The third-order valence-corrected chi connectivity index (χ3v) is 5.14. The second-order valence-electron chi connectivity index (χ2n) is 6.57. The average molecular weight is 306 g/mol. The van der Waals surface area contributed by atoms with E-state index in [1.807, 2.05) is 4.57 Å². The van der Waals surface area contributed by atoms with Gasteiger partial charge in [0.1, 0.15) is 6.73 Å². The van der Waals surface area contributed by atoms with E-state index in [2.05, 4.69) is 19.6 Å². The molecule has 0 saturated heterocycles. The second-order valence-corrected chi connectivity index (χ2v) is 12.2. The summed E-state index contributed by atoms with van der Waals surface area (Å²) in [6, 6.07) is 1.11. The number of carbonyl (C=O) groups is 1. The van der Waals surface area contributed by atoms with Crippen molar-refractivity contribution in [1.29, 1.82) is 0 Å². The normalized spacial score (nSPS) is 12.0. The molecule has 0 atom stereocenters. The Balaban J connectivity index is 2.18. The smallest absolute Gasteiger partial charge is 0.259 e. The van der Waals surface area contributed by atoms with Crippen LogP contribution in [0.3, 0.4) is 0 Å². The monoisotopic (exact) mass is 306 g/mol. The number of carbonyl (C=O) groups excluding carboxylic acids is 1. The molecule has 0 aromatic carbocycles. The number of rotatable bonds is 6. The summed E-state index contributed by atoms with van der Waals surface area (Å²) < 4.78 is 8.93. The zero-order valence-electron chi connectivity index (χ0n) is 13.0. The number of hydrogen-bond acceptors (Lipinski definition) is 3. The van der Waals surface area contributed by atoms with Crippen molar-refractivity contribution >= 4 is 25.1 Å². The summed E-state index contributed by atoms with van der Waals surface area (Å²) in [6.45, 7) is 8.05. The minimum Gasteiger partial charge on any atom is -0.361 e. The standard InChI is InChI=1S/C15H22N2O3Si/c1-16-7-12(10-18)13-8-17(9-14(13)15(16)19)11-20-5-6-21(2,3)4/h7-10H,5-6,11H2,1-4H3. The first-order valence-electron chi connectivity index (χ1n) is 7.04. The molecule has 2 aromatic heterocycles. The molecule has 0 aliphatic carbocycles. The first-order chi connectivity index (χ1) is 9.81. The quantitative estimate of drug-likeness (QED) is 0.468. The Bertz CT molecular complexity index is 710. The molecule has 0 saturated carbocycles. The van der Waals surface area contributed by atoms with Crippen LogP contribution in [0, 0.1) is 0 Å². The van der Waals surface area contributed by atoms with Gasteiger partial charge in [-0.3, -0.25) is 9.59 Å². The maximum absolute atomic E-state index is 12.1. The lowest BCUT2D eigenvalue weighted by molar-refractivity contribution is 0.0877. The van der Waals surface area contributed by atoms with Gasteiger partial charge in [-0.2, -0.15) is 0 Å². The Labute approximate surface area is 125 Å². The topological polar surface area (TPSA) is 53.2 Å². The molecule has 2 rings (SSSR count). The number of aryl methyl sites for hydroxylation is 1. The molecular weight excluding hydrogens is 284 g/mol. The van der Waals surface area contributed by atoms with Crippen LogP contribution in [-0.2, 0) is 18.5 Å². The lowest BCUT2D eigenvalue weighted by Gasteiger charge is -2.15. The van der Waals surface area contributed by atoms with Gasteiger partial charge in [0.2, 0.25) is 0 Å². The molecule has 2 aromatic rings. The summed E-state index contributed by atoms with van der Waals surface area (Å²) in [5.41, 5.74) is 0.421. The van der Waals surface area contributed by atoms with Crippen LogP contribution in [0.1, 0.15) is 10.4 Å². The number of pyridine rings is 1. The van der Waals surface area contributed by atoms with Gasteiger partial charge in [-0.05, 0) is 6.04 Å². The van der Waals surface area contributed by atoms with Crippen LogP contribution in [-0.4, -0.2) is 30.1 Å². The van der Waals surface area contributed by atoms with Crippen LogP contribution in [0.25, 0.3) is 10.8 Å². The van der Waals surface area contributed by atoms with Crippen molar-refractivity contribution in [2.45, 2.75) is 32.4 Å². The minimum absolute atomic E-state index is 0.101. The highest BCUT2D eigenvalue weighted by Gasteiger charge is 2.13. The predicted octanol–water partition coefficient (Wildman–Crippen LogP) is 2.46. The summed E-state index contributed by atoms with van der Waals surface area (Å²) in [5, 5.41) is 1.23. The van der Waals surface area contributed by atoms with Crippen LogP contribution in [0.4, 0.5) is 0 Å². The fourth-order valence-corrected chi connectivity index (χ4v) is 2.91. The third-order valence-electron chi connectivity index (χ3n) is 3.44. The maximum atomic E-state index is 12.1. The van der Waals surface area contributed by atoms with Crippen LogP contribution < -0.4 is 5.56 Å². The largest absolute Gasteiger partial charge is 0.361 e. The summed E-state index contributed by atoms with van der Waals surface area (Å²) >= 11 is 0. The van der Waals surface area contributed by atoms with Crippen molar-refractivity contribution in [3.05, 3.63) is 34.5 Å². The summed E-state index contributed by atoms with van der Waals surface area (Å²) in [6.07, 6.45) is 5.89. The Hall–Kier alpha value is -1.66. The lowest BCUT2D eigenvalue weighted by atomic mass is 10.2. The number of ether oxygens (including phenoxy) is 1. The van der Waals surface area contributed by atoms with Crippen LogP contribution in [0.5, 0.6) is 0 Å². The molecule has 5 nitrogen and oxygen atoms in total. The van der Waals surface area contributed by atoms with Gasteiger partial charge in [0.05, 0.1) is 5.39 Å². The molecule has 0 amide bonds. The fourth-order valence-electron chi connectivity index (χ4n) is 2.15. The average Bonchev–Trinajstić information content (AvgIpc) is 2.82. The molecule has 2 heterocycles. The first kappa shape index (κ1) is 15.7. The molecule has 0 unspecified atom stereocenters. The van der Waals surface area contributed by atoms with Crippen molar-refractivity contribution in [2.75, 3.05) is 6.61 Å². The van der Waals surface area contributed by atoms with Gasteiger partial charge in [0.15, 0.2) is 6.29 Å². The number of hydrogen-bond donors (Lipinski definition) is 0. The Morgan fingerprint density at radius 2 is 1.86 bits per heavy atom. The molecule has 0 fully saturated rings. The molecule has 0 N–H and O–H groups in total. The van der Waals surface area contributed by atoms with Crippen LogP contribution >= 0.6 is 0 Å². The van der Waals surface area contributed by atoms with Gasteiger partial charge in [0.25, 0.3) is 5.56 Å². The number of aromatic nitrogens is 2. The van der Waals surface area contributed by atoms with Crippen LogP contribution in [0.2, 0.25) is 25.7 Å². The second kappa shape index (κ2) is 5.99. The highest BCUT2D eigenvalue weighted by atomic mass is 28.3. The van der Waals surface area contributed by atoms with Gasteiger partial charge in [-0.15, -0.1) is 0 Å².